The maximum atomic E-state index is 12.1. The van der Waals surface area contributed by atoms with E-state index in [0.717, 1.165) is 12.8 Å². The number of rotatable bonds is 9. The van der Waals surface area contributed by atoms with E-state index in [1.807, 2.05) is 6.92 Å². The van der Waals surface area contributed by atoms with E-state index in [0.29, 0.717) is 6.42 Å². The van der Waals surface area contributed by atoms with Crippen LogP contribution in [0.3, 0.4) is 0 Å². The Hall–Kier alpha value is -1.15. The van der Waals surface area contributed by atoms with Crippen molar-refractivity contribution in [2.24, 2.45) is 5.41 Å². The molecule has 1 rings (SSSR count). The summed E-state index contributed by atoms with van der Waals surface area (Å²) in [7, 11) is -2.02. The van der Waals surface area contributed by atoms with Crippen LogP contribution in [0.5, 0.6) is 0 Å². The van der Waals surface area contributed by atoms with Crippen LogP contribution in [-0.2, 0) is 24.2 Å². The summed E-state index contributed by atoms with van der Waals surface area (Å²) >= 11 is 0. The van der Waals surface area contributed by atoms with Gasteiger partial charge >= 0.3 is 5.97 Å². The number of nitrogens with zero attached hydrogens (tertiary/aromatic N) is 1. The molecule has 1 unspecified atom stereocenters. The van der Waals surface area contributed by atoms with E-state index >= 15 is 0 Å². The molecule has 8 heteroatoms. The minimum Gasteiger partial charge on any atom is -0.481 e. The number of hydrogen-bond donors (Lipinski definition) is 1. The quantitative estimate of drug-likeness (QED) is 0.617. The first-order valence-electron chi connectivity index (χ1n) is 7.47. The highest BCUT2D eigenvalue weighted by Gasteiger charge is 2.46. The summed E-state index contributed by atoms with van der Waals surface area (Å²) in [4.78, 5) is 24.9. The third-order valence-corrected chi connectivity index (χ3v) is 5.58. The smallest absolute Gasteiger partial charge is 0.313 e. The molecular weight excluding hydrogens is 310 g/mol. The third-order valence-electron chi connectivity index (χ3n) is 3.98. The maximum absolute atomic E-state index is 12.1. The second-order valence-corrected chi connectivity index (χ2v) is 8.07. The first kappa shape index (κ1) is 18.9. The number of carbonyl (C=O) groups excluding carboxylic acids is 1. The molecule has 1 saturated heterocycles. The van der Waals surface area contributed by atoms with Gasteiger partial charge in [-0.2, -0.15) is 0 Å². The standard InChI is InChI=1S/C14H25NO6S/c1-3-4-5-8-22(19,20)9-12(16)15-7-6-14(10-15,11-21-2)13(17)18/h3-11H2,1-2H3,(H,17,18). The van der Waals surface area contributed by atoms with Crippen molar-refractivity contribution in [1.29, 1.82) is 0 Å². The predicted molar refractivity (Wildman–Crippen MR) is 81.3 cm³/mol. The summed E-state index contributed by atoms with van der Waals surface area (Å²) in [5, 5.41) is 9.33. The lowest BCUT2D eigenvalue weighted by Gasteiger charge is -2.23. The summed E-state index contributed by atoms with van der Waals surface area (Å²) in [5.41, 5.74) is -1.13. The molecule has 0 aromatic heterocycles. The van der Waals surface area contributed by atoms with E-state index in [2.05, 4.69) is 0 Å². The minimum absolute atomic E-state index is 0.000509. The Morgan fingerprint density at radius 3 is 2.55 bits per heavy atom. The highest BCUT2D eigenvalue weighted by atomic mass is 32.2. The summed E-state index contributed by atoms with van der Waals surface area (Å²) in [6, 6.07) is 0. The van der Waals surface area contributed by atoms with Gasteiger partial charge in [-0.3, -0.25) is 9.59 Å². The Balaban J connectivity index is 2.62. The lowest BCUT2D eigenvalue weighted by molar-refractivity contribution is -0.151. The Morgan fingerprint density at radius 1 is 1.32 bits per heavy atom. The van der Waals surface area contributed by atoms with Crippen molar-refractivity contribution >= 4 is 21.7 Å². The van der Waals surface area contributed by atoms with Crippen LogP contribution in [0.2, 0.25) is 0 Å². The molecule has 0 aromatic rings. The van der Waals surface area contributed by atoms with E-state index in [1.54, 1.807) is 0 Å². The van der Waals surface area contributed by atoms with Crippen molar-refractivity contribution in [2.45, 2.75) is 32.6 Å². The van der Waals surface area contributed by atoms with Crippen LogP contribution in [0.25, 0.3) is 0 Å². The molecular formula is C14H25NO6S. The number of unbranched alkanes of at least 4 members (excludes halogenated alkanes) is 2. The van der Waals surface area contributed by atoms with Gasteiger partial charge in [0.1, 0.15) is 11.2 Å². The molecule has 1 aliphatic heterocycles. The van der Waals surface area contributed by atoms with Crippen LogP contribution >= 0.6 is 0 Å². The zero-order valence-corrected chi connectivity index (χ0v) is 14.0. The van der Waals surface area contributed by atoms with Gasteiger partial charge in [-0.15, -0.1) is 0 Å². The van der Waals surface area contributed by atoms with Crippen molar-refractivity contribution in [3.63, 3.8) is 0 Å². The second kappa shape index (κ2) is 7.92. The van der Waals surface area contributed by atoms with E-state index in [-0.39, 0.29) is 31.9 Å². The van der Waals surface area contributed by atoms with Crippen LogP contribution in [0.4, 0.5) is 0 Å². The number of methoxy groups -OCH3 is 1. The molecule has 1 amide bonds. The Kier molecular flexibility index (Phi) is 6.80. The van der Waals surface area contributed by atoms with Crippen LogP contribution < -0.4 is 0 Å². The number of ether oxygens (including phenoxy) is 1. The largest absolute Gasteiger partial charge is 0.481 e. The Labute approximate surface area is 131 Å². The second-order valence-electron chi connectivity index (χ2n) is 5.88. The van der Waals surface area contributed by atoms with Crippen LogP contribution in [-0.4, -0.2) is 68.6 Å². The molecule has 1 aliphatic rings. The topological polar surface area (TPSA) is 101 Å². The molecule has 0 bridgehead atoms. The van der Waals surface area contributed by atoms with Gasteiger partial charge in [-0.25, -0.2) is 8.42 Å². The Bertz CT molecular complexity index is 503. The van der Waals surface area contributed by atoms with Gasteiger partial charge in [0.25, 0.3) is 0 Å². The maximum Gasteiger partial charge on any atom is 0.313 e. The summed E-state index contributed by atoms with van der Waals surface area (Å²) in [6.45, 7) is 2.23. The van der Waals surface area contributed by atoms with Crippen LogP contribution in [0.15, 0.2) is 0 Å². The van der Waals surface area contributed by atoms with Crippen LogP contribution in [0.1, 0.15) is 32.6 Å². The molecule has 0 aromatic carbocycles. The average Bonchev–Trinajstić information content (AvgIpc) is 2.84. The number of sulfone groups is 1. The zero-order chi connectivity index (χ0) is 16.8. The van der Waals surface area contributed by atoms with E-state index in [1.165, 1.54) is 12.0 Å². The number of aliphatic carboxylic acids is 1. The molecule has 1 fully saturated rings. The van der Waals surface area contributed by atoms with Crippen molar-refractivity contribution in [3.8, 4) is 0 Å². The van der Waals surface area contributed by atoms with Crippen molar-refractivity contribution in [2.75, 3.05) is 38.3 Å². The molecule has 0 aliphatic carbocycles. The van der Waals surface area contributed by atoms with Crippen LogP contribution in [0, 0.1) is 5.41 Å². The monoisotopic (exact) mass is 335 g/mol. The minimum atomic E-state index is -3.43. The number of likely N-dealkylation sites (tertiary alicyclic amines) is 1. The average molecular weight is 335 g/mol. The van der Waals surface area contributed by atoms with Crippen molar-refractivity contribution in [1.82, 2.24) is 4.90 Å². The molecule has 1 atom stereocenters. The molecule has 1 N–H and O–H groups in total. The third kappa shape index (κ3) is 4.95. The fourth-order valence-electron chi connectivity index (χ4n) is 2.64. The predicted octanol–water partition coefficient (Wildman–Crippen LogP) is 0.541. The molecule has 0 spiro atoms. The summed E-state index contributed by atoms with van der Waals surface area (Å²) < 4.78 is 28.8. The molecule has 22 heavy (non-hydrogen) atoms. The van der Waals surface area contributed by atoms with Crippen molar-refractivity contribution < 1.29 is 27.9 Å². The van der Waals surface area contributed by atoms with Gasteiger partial charge in [-0.1, -0.05) is 19.8 Å². The lowest BCUT2D eigenvalue weighted by Crippen LogP contribution is -2.41. The van der Waals surface area contributed by atoms with Crippen molar-refractivity contribution in [3.05, 3.63) is 0 Å². The molecule has 128 valence electrons. The highest BCUT2D eigenvalue weighted by Crippen LogP contribution is 2.31. The highest BCUT2D eigenvalue weighted by molar-refractivity contribution is 7.92. The van der Waals surface area contributed by atoms with Gasteiger partial charge < -0.3 is 14.7 Å². The number of carboxylic acid groups (broad SMARTS) is 1. The lowest BCUT2D eigenvalue weighted by atomic mass is 9.88. The summed E-state index contributed by atoms with van der Waals surface area (Å²) in [5.74, 6) is -2.08. The first-order valence-corrected chi connectivity index (χ1v) is 9.29. The van der Waals surface area contributed by atoms with Gasteiger partial charge in [-0.05, 0) is 12.8 Å². The van der Waals surface area contributed by atoms with Gasteiger partial charge in [0.05, 0.1) is 12.4 Å². The summed E-state index contributed by atoms with van der Waals surface area (Å²) in [6.07, 6.45) is 2.55. The molecule has 0 radical (unpaired) electrons. The number of carboxylic acids is 1. The van der Waals surface area contributed by atoms with Gasteiger partial charge in [0.15, 0.2) is 9.84 Å². The fraction of sp³-hybridized carbons (Fsp3) is 0.857. The molecule has 1 heterocycles. The zero-order valence-electron chi connectivity index (χ0n) is 13.2. The normalized spacial score (nSPS) is 22.0. The molecule has 0 saturated carbocycles. The SMILES string of the molecule is CCCCCS(=O)(=O)CC(=O)N1CCC(COC)(C(=O)O)C1. The van der Waals surface area contributed by atoms with E-state index in [9.17, 15) is 23.1 Å². The number of amides is 1. The van der Waals surface area contributed by atoms with E-state index in [4.69, 9.17) is 4.74 Å². The molecule has 7 nitrogen and oxygen atoms in total. The Morgan fingerprint density at radius 2 is 2.00 bits per heavy atom. The fourth-order valence-corrected chi connectivity index (χ4v) is 3.99. The van der Waals surface area contributed by atoms with Gasteiger partial charge in [0, 0.05) is 20.2 Å². The number of hydrogen-bond acceptors (Lipinski definition) is 5. The van der Waals surface area contributed by atoms with E-state index < -0.39 is 32.9 Å². The number of carbonyl (C=O) groups is 2. The van der Waals surface area contributed by atoms with Gasteiger partial charge in [0.2, 0.25) is 5.91 Å². The first-order chi connectivity index (χ1) is 10.3.